The summed E-state index contributed by atoms with van der Waals surface area (Å²) in [5, 5.41) is 17.7. The number of rotatable bonds is 2. The van der Waals surface area contributed by atoms with Gasteiger partial charge < -0.3 is 15.9 Å². The van der Waals surface area contributed by atoms with Crippen LogP contribution in [0.25, 0.3) is 0 Å². The van der Waals surface area contributed by atoms with Gasteiger partial charge in [-0.2, -0.15) is 0 Å². The molecule has 0 aromatic heterocycles. The lowest BCUT2D eigenvalue weighted by Gasteiger charge is -2.08. The van der Waals surface area contributed by atoms with E-state index in [4.69, 9.17) is 15.9 Å². The predicted octanol–water partition coefficient (Wildman–Crippen LogP) is 1.24. The number of aliphatic carboxylic acids is 1. The van der Waals surface area contributed by atoms with Gasteiger partial charge in [0.05, 0.1) is 0 Å². The summed E-state index contributed by atoms with van der Waals surface area (Å²) in [6.45, 7) is 0. The van der Waals surface area contributed by atoms with Crippen molar-refractivity contribution in [2.45, 2.75) is 6.04 Å². The quantitative estimate of drug-likeness (QED) is 0.732. The van der Waals surface area contributed by atoms with Crippen LogP contribution in [0.2, 0.25) is 0 Å². The van der Waals surface area contributed by atoms with Crippen molar-refractivity contribution in [1.29, 1.82) is 0 Å². The Morgan fingerprint density at radius 2 is 2.15 bits per heavy atom. The van der Waals surface area contributed by atoms with Crippen LogP contribution in [0.1, 0.15) is 11.6 Å². The van der Waals surface area contributed by atoms with Gasteiger partial charge in [-0.3, -0.25) is 4.79 Å². The van der Waals surface area contributed by atoms with E-state index in [1.165, 1.54) is 18.2 Å². The monoisotopic (exact) mass is 245 g/mol. The zero-order valence-electron chi connectivity index (χ0n) is 6.57. The average molecular weight is 246 g/mol. The van der Waals surface area contributed by atoms with Gasteiger partial charge in [-0.1, -0.05) is 22.0 Å². The molecule has 4 nitrogen and oxygen atoms in total. The first-order valence-corrected chi connectivity index (χ1v) is 4.28. The number of carboxylic acid groups (broad SMARTS) is 1. The van der Waals surface area contributed by atoms with Crippen molar-refractivity contribution in [2.75, 3.05) is 0 Å². The van der Waals surface area contributed by atoms with E-state index in [0.29, 0.717) is 10.0 Å². The number of benzene rings is 1. The number of aromatic hydroxyl groups is 1. The second-order valence-electron chi connectivity index (χ2n) is 2.52. The topological polar surface area (TPSA) is 83.6 Å². The van der Waals surface area contributed by atoms with Gasteiger partial charge in [-0.15, -0.1) is 0 Å². The lowest BCUT2D eigenvalue weighted by molar-refractivity contribution is -0.138. The number of nitrogens with two attached hydrogens (primary N) is 1. The highest BCUT2D eigenvalue weighted by molar-refractivity contribution is 9.10. The van der Waals surface area contributed by atoms with E-state index in [-0.39, 0.29) is 5.75 Å². The maximum atomic E-state index is 10.5. The highest BCUT2D eigenvalue weighted by Gasteiger charge is 2.16. The normalized spacial score (nSPS) is 12.5. The third kappa shape index (κ3) is 2.19. The van der Waals surface area contributed by atoms with Crippen molar-refractivity contribution in [3.8, 4) is 5.75 Å². The Bertz CT molecular complexity index is 340. The van der Waals surface area contributed by atoms with Crippen molar-refractivity contribution < 1.29 is 15.0 Å². The first kappa shape index (κ1) is 10.0. The number of halogens is 1. The molecule has 0 saturated heterocycles. The summed E-state index contributed by atoms with van der Waals surface area (Å²) in [6.07, 6.45) is 0. The van der Waals surface area contributed by atoms with Gasteiger partial charge in [-0.25, -0.2) is 0 Å². The molecule has 13 heavy (non-hydrogen) atoms. The highest BCUT2D eigenvalue weighted by Crippen LogP contribution is 2.26. The molecule has 1 aromatic rings. The first-order chi connectivity index (χ1) is 6.02. The number of hydrogen-bond acceptors (Lipinski definition) is 3. The van der Waals surface area contributed by atoms with E-state index < -0.39 is 12.0 Å². The van der Waals surface area contributed by atoms with E-state index in [9.17, 15) is 4.79 Å². The molecule has 1 atom stereocenters. The summed E-state index contributed by atoms with van der Waals surface area (Å²) in [5.74, 6) is -1.04. The van der Waals surface area contributed by atoms with Gasteiger partial charge in [0.15, 0.2) is 0 Å². The van der Waals surface area contributed by atoms with Crippen LogP contribution in [0, 0.1) is 0 Å². The van der Waals surface area contributed by atoms with Gasteiger partial charge in [0, 0.05) is 4.47 Å². The Balaban J connectivity index is 3.08. The maximum Gasteiger partial charge on any atom is 0.325 e. The fourth-order valence-corrected chi connectivity index (χ4v) is 1.51. The summed E-state index contributed by atoms with van der Waals surface area (Å²) in [6, 6.07) is 3.19. The fourth-order valence-electron chi connectivity index (χ4n) is 0.901. The molecule has 0 fully saturated rings. The van der Waals surface area contributed by atoms with Crippen LogP contribution in [0.15, 0.2) is 22.7 Å². The second-order valence-corrected chi connectivity index (χ2v) is 3.38. The van der Waals surface area contributed by atoms with Crippen molar-refractivity contribution >= 4 is 21.9 Å². The van der Waals surface area contributed by atoms with Crippen molar-refractivity contribution in [3.63, 3.8) is 0 Å². The van der Waals surface area contributed by atoms with Gasteiger partial charge >= 0.3 is 5.97 Å². The fraction of sp³-hybridized carbons (Fsp3) is 0.125. The van der Waals surface area contributed by atoms with Crippen LogP contribution in [-0.4, -0.2) is 16.2 Å². The summed E-state index contributed by atoms with van der Waals surface area (Å²) >= 11 is 3.11. The second kappa shape index (κ2) is 3.76. The van der Waals surface area contributed by atoms with Gasteiger partial charge in [0.2, 0.25) is 0 Å². The molecule has 0 aliphatic heterocycles. The van der Waals surface area contributed by atoms with Crippen LogP contribution in [0.4, 0.5) is 0 Å². The molecule has 4 N–H and O–H groups in total. The Kier molecular flexibility index (Phi) is 2.90. The highest BCUT2D eigenvalue weighted by atomic mass is 79.9. The number of carbonyl (C=O) groups is 1. The number of phenolic OH excluding ortho intramolecular Hbond substituents is 1. The minimum Gasteiger partial charge on any atom is -0.508 e. The van der Waals surface area contributed by atoms with Crippen LogP contribution in [0.5, 0.6) is 5.75 Å². The average Bonchev–Trinajstić information content (AvgIpc) is 2.03. The third-order valence-corrected chi connectivity index (χ3v) is 2.27. The van der Waals surface area contributed by atoms with E-state index in [0.717, 1.165) is 0 Å². The molecule has 0 saturated carbocycles. The van der Waals surface area contributed by atoms with E-state index >= 15 is 0 Å². The third-order valence-electron chi connectivity index (χ3n) is 1.59. The van der Waals surface area contributed by atoms with Gasteiger partial charge in [0.1, 0.15) is 11.8 Å². The van der Waals surface area contributed by atoms with E-state index in [1.807, 2.05) is 0 Å². The van der Waals surface area contributed by atoms with Gasteiger partial charge in [0.25, 0.3) is 0 Å². The lowest BCUT2D eigenvalue weighted by atomic mass is 10.1. The number of carboxylic acids is 1. The minimum absolute atomic E-state index is 0.0632. The molecule has 0 aliphatic carbocycles. The molecule has 1 rings (SSSR count). The maximum absolute atomic E-state index is 10.5. The molecule has 0 unspecified atom stereocenters. The Morgan fingerprint density at radius 1 is 1.54 bits per heavy atom. The molecular formula is C8H8BrNO3. The largest absolute Gasteiger partial charge is 0.508 e. The molecular weight excluding hydrogens is 238 g/mol. The van der Waals surface area contributed by atoms with E-state index in [1.54, 1.807) is 0 Å². The smallest absolute Gasteiger partial charge is 0.325 e. The van der Waals surface area contributed by atoms with Crippen molar-refractivity contribution in [2.24, 2.45) is 5.73 Å². The molecule has 1 aromatic carbocycles. The summed E-state index contributed by atoms with van der Waals surface area (Å²) in [5.41, 5.74) is 5.81. The van der Waals surface area contributed by atoms with E-state index in [2.05, 4.69) is 15.9 Å². The predicted molar refractivity (Wildman–Crippen MR) is 50.4 cm³/mol. The van der Waals surface area contributed by atoms with Crippen LogP contribution in [-0.2, 0) is 4.79 Å². The van der Waals surface area contributed by atoms with Gasteiger partial charge in [-0.05, 0) is 17.7 Å². The standard InChI is InChI=1S/C8H8BrNO3/c9-6-3-4(11)1-2-5(6)7(10)8(12)13/h1-3,7,11H,10H2,(H,12,13)/t7-/m0/s1. The Hall–Kier alpha value is -1.07. The van der Waals surface area contributed by atoms with Crippen LogP contribution >= 0.6 is 15.9 Å². The molecule has 0 radical (unpaired) electrons. The molecule has 0 bridgehead atoms. The lowest BCUT2D eigenvalue weighted by Crippen LogP contribution is -2.20. The van der Waals surface area contributed by atoms with Crippen LogP contribution in [0.3, 0.4) is 0 Å². The molecule has 70 valence electrons. The first-order valence-electron chi connectivity index (χ1n) is 3.49. The SMILES string of the molecule is N[C@H](C(=O)O)c1ccc(O)cc1Br. The zero-order valence-corrected chi connectivity index (χ0v) is 8.15. The molecule has 0 amide bonds. The molecule has 0 heterocycles. The Labute approximate surface area is 83.1 Å². The molecule has 0 aliphatic rings. The van der Waals surface area contributed by atoms with Crippen molar-refractivity contribution in [3.05, 3.63) is 28.2 Å². The molecule has 5 heteroatoms. The summed E-state index contributed by atoms with van der Waals surface area (Å²) in [7, 11) is 0. The number of hydrogen-bond donors (Lipinski definition) is 3. The van der Waals surface area contributed by atoms with Crippen molar-refractivity contribution in [1.82, 2.24) is 0 Å². The summed E-state index contributed by atoms with van der Waals surface area (Å²) in [4.78, 5) is 10.5. The molecule has 0 spiro atoms. The summed E-state index contributed by atoms with van der Waals surface area (Å²) < 4.78 is 0.488. The Morgan fingerprint density at radius 3 is 2.62 bits per heavy atom. The number of phenols is 1. The zero-order chi connectivity index (χ0) is 10.0. The van der Waals surface area contributed by atoms with Crippen LogP contribution < -0.4 is 5.73 Å². The minimum atomic E-state index is -1.11.